The van der Waals surface area contributed by atoms with Crippen LogP contribution in [0.2, 0.25) is 0 Å². The van der Waals surface area contributed by atoms with Gasteiger partial charge in [-0.05, 0) is 50.8 Å². The van der Waals surface area contributed by atoms with Crippen molar-refractivity contribution in [2.75, 3.05) is 23.3 Å². The van der Waals surface area contributed by atoms with E-state index in [1.807, 2.05) is 18.2 Å². The summed E-state index contributed by atoms with van der Waals surface area (Å²) in [6.07, 6.45) is 2.46. The van der Waals surface area contributed by atoms with E-state index in [0.29, 0.717) is 11.2 Å². The quantitative estimate of drug-likeness (QED) is 0.473. The Hall–Kier alpha value is -3.36. The number of amides is 1. The van der Waals surface area contributed by atoms with Gasteiger partial charge < -0.3 is 15.5 Å². The molecule has 1 saturated heterocycles. The maximum Gasteiger partial charge on any atom is 0.266 e. The number of carbonyl (C=O) groups is 1. The zero-order valence-electron chi connectivity index (χ0n) is 19.5. The molecule has 5 rings (SSSR count). The molecule has 2 fully saturated rings. The van der Waals surface area contributed by atoms with Crippen molar-refractivity contribution in [2.45, 2.75) is 51.1 Å². The number of alkyl halides is 2. The van der Waals surface area contributed by atoms with Crippen LogP contribution in [0.25, 0.3) is 10.9 Å². The molecule has 2 N–H and O–H groups in total. The minimum atomic E-state index is -2.88. The Labute approximate surface area is 201 Å². The molecule has 1 amide bonds. The number of halogens is 3. The van der Waals surface area contributed by atoms with Gasteiger partial charge in [0.1, 0.15) is 5.82 Å². The molecule has 0 spiro atoms. The first-order valence-electron chi connectivity index (χ1n) is 12.0. The third-order valence-electron chi connectivity index (χ3n) is 6.91. The molecular weight excluding hydrogens is 455 g/mol. The van der Waals surface area contributed by atoms with E-state index < -0.39 is 23.8 Å². The molecular formula is C26H28F3N5O. The number of fused-ring (bicyclic) bond motifs is 1. The van der Waals surface area contributed by atoms with Gasteiger partial charge in [-0.1, -0.05) is 18.2 Å². The molecule has 1 atom stereocenters. The predicted octanol–water partition coefficient (Wildman–Crippen LogP) is 5.37. The Morgan fingerprint density at radius 1 is 1.09 bits per heavy atom. The number of benzene rings is 2. The van der Waals surface area contributed by atoms with Crippen molar-refractivity contribution in [2.24, 2.45) is 5.92 Å². The summed E-state index contributed by atoms with van der Waals surface area (Å²) in [5, 5.41) is 15.5. The highest BCUT2D eigenvalue weighted by molar-refractivity contribution is 5.93. The molecule has 1 aliphatic heterocycles. The smallest absolute Gasteiger partial charge is 0.266 e. The van der Waals surface area contributed by atoms with Crippen molar-refractivity contribution in [3.05, 3.63) is 59.5 Å². The monoisotopic (exact) mass is 483 g/mol. The van der Waals surface area contributed by atoms with Gasteiger partial charge >= 0.3 is 0 Å². The summed E-state index contributed by atoms with van der Waals surface area (Å²) < 4.78 is 41.0. The largest absolute Gasteiger partial charge is 0.377 e. The van der Waals surface area contributed by atoms with Crippen LogP contribution in [0.1, 0.15) is 56.2 Å². The fourth-order valence-electron chi connectivity index (χ4n) is 4.69. The molecule has 3 aromatic rings. The van der Waals surface area contributed by atoms with Gasteiger partial charge in [0.05, 0.1) is 29.0 Å². The number of aromatic nitrogens is 2. The Kier molecular flexibility index (Phi) is 6.49. The summed E-state index contributed by atoms with van der Waals surface area (Å²) in [6.45, 7) is 3.37. The van der Waals surface area contributed by atoms with Gasteiger partial charge in [-0.3, -0.25) is 4.79 Å². The average molecular weight is 484 g/mol. The standard InChI is InChI=1S/C26H28F3N5O/c1-15(19-3-2-4-20(24(19)27)25(28)29)31-23-14-30-33-22-8-7-18(13-21(22)23)34-11-9-17(10-12-34)32-26(35)16-5-6-16/h2-4,7-8,13-17,25H,5-6,9-12H2,1H3,(H,31,33)(H,32,35)/t15-/m1/s1. The molecule has 1 aliphatic carbocycles. The third kappa shape index (κ3) is 5.04. The Morgan fingerprint density at radius 3 is 2.54 bits per heavy atom. The van der Waals surface area contributed by atoms with Crippen molar-refractivity contribution in [3.63, 3.8) is 0 Å². The Balaban J connectivity index is 1.32. The van der Waals surface area contributed by atoms with Crippen LogP contribution >= 0.6 is 0 Å². The first kappa shape index (κ1) is 23.4. The molecule has 2 aliphatic rings. The van der Waals surface area contributed by atoms with Gasteiger partial charge in [-0.2, -0.15) is 10.2 Å². The SMILES string of the molecule is C[C@@H](Nc1cnnc2ccc(N3CCC(NC(=O)C4CC4)CC3)cc12)c1cccc(C(F)F)c1F. The van der Waals surface area contributed by atoms with E-state index in [1.165, 1.54) is 12.1 Å². The lowest BCUT2D eigenvalue weighted by molar-refractivity contribution is -0.123. The Bertz CT molecular complexity index is 1220. The highest BCUT2D eigenvalue weighted by Gasteiger charge is 2.32. The molecule has 9 heteroatoms. The van der Waals surface area contributed by atoms with Crippen LogP contribution in [0.15, 0.2) is 42.6 Å². The first-order chi connectivity index (χ1) is 16.9. The van der Waals surface area contributed by atoms with E-state index in [0.717, 1.165) is 55.9 Å². The molecule has 2 aromatic carbocycles. The summed E-state index contributed by atoms with van der Waals surface area (Å²) in [4.78, 5) is 14.3. The lowest BCUT2D eigenvalue weighted by Crippen LogP contribution is -2.45. The molecule has 1 aromatic heterocycles. The summed E-state index contributed by atoms with van der Waals surface area (Å²) >= 11 is 0. The summed E-state index contributed by atoms with van der Waals surface area (Å²) in [6, 6.07) is 9.62. The minimum absolute atomic E-state index is 0.166. The second kappa shape index (κ2) is 9.71. The molecule has 6 nitrogen and oxygen atoms in total. The predicted molar refractivity (Wildman–Crippen MR) is 129 cm³/mol. The second-order valence-corrected chi connectivity index (χ2v) is 9.42. The van der Waals surface area contributed by atoms with Gasteiger partial charge in [-0.15, -0.1) is 0 Å². The van der Waals surface area contributed by atoms with E-state index in [-0.39, 0.29) is 23.4 Å². The van der Waals surface area contributed by atoms with Crippen LogP contribution in [0.4, 0.5) is 24.5 Å². The number of piperidine rings is 1. The van der Waals surface area contributed by atoms with Crippen molar-refractivity contribution in [1.29, 1.82) is 0 Å². The van der Waals surface area contributed by atoms with Gasteiger partial charge in [-0.25, -0.2) is 13.2 Å². The van der Waals surface area contributed by atoms with Crippen LogP contribution in [0, 0.1) is 11.7 Å². The maximum atomic E-state index is 14.7. The van der Waals surface area contributed by atoms with Crippen LogP contribution in [0.5, 0.6) is 0 Å². The van der Waals surface area contributed by atoms with Crippen LogP contribution in [0.3, 0.4) is 0 Å². The molecule has 0 bridgehead atoms. The number of carbonyl (C=O) groups excluding carboxylic acids is 1. The van der Waals surface area contributed by atoms with E-state index in [9.17, 15) is 18.0 Å². The molecule has 1 saturated carbocycles. The van der Waals surface area contributed by atoms with Crippen LogP contribution in [-0.4, -0.2) is 35.2 Å². The molecule has 0 radical (unpaired) electrons. The van der Waals surface area contributed by atoms with Crippen molar-refractivity contribution < 1.29 is 18.0 Å². The number of hydrogen-bond donors (Lipinski definition) is 2. The summed E-state index contributed by atoms with van der Waals surface area (Å²) in [7, 11) is 0. The lowest BCUT2D eigenvalue weighted by Gasteiger charge is -2.34. The van der Waals surface area contributed by atoms with Crippen LogP contribution < -0.4 is 15.5 Å². The maximum absolute atomic E-state index is 14.7. The van der Waals surface area contributed by atoms with Gasteiger partial charge in [0, 0.05) is 41.7 Å². The number of nitrogens with zero attached hydrogens (tertiary/aromatic N) is 3. The van der Waals surface area contributed by atoms with Crippen LogP contribution in [-0.2, 0) is 4.79 Å². The molecule has 35 heavy (non-hydrogen) atoms. The van der Waals surface area contributed by atoms with E-state index in [1.54, 1.807) is 13.1 Å². The molecule has 0 unspecified atom stereocenters. The fraction of sp³-hybridized carbons (Fsp3) is 0.423. The van der Waals surface area contributed by atoms with Gasteiger partial charge in [0.25, 0.3) is 6.43 Å². The minimum Gasteiger partial charge on any atom is -0.377 e. The first-order valence-corrected chi connectivity index (χ1v) is 12.0. The average Bonchev–Trinajstić information content (AvgIpc) is 3.70. The van der Waals surface area contributed by atoms with Crippen molar-refractivity contribution >= 4 is 28.2 Å². The van der Waals surface area contributed by atoms with Gasteiger partial charge in [0.2, 0.25) is 5.91 Å². The van der Waals surface area contributed by atoms with E-state index in [2.05, 4.69) is 25.7 Å². The van der Waals surface area contributed by atoms with E-state index in [4.69, 9.17) is 0 Å². The van der Waals surface area contributed by atoms with Crippen molar-refractivity contribution in [1.82, 2.24) is 15.5 Å². The lowest BCUT2D eigenvalue weighted by atomic mass is 10.0. The number of nitrogens with one attached hydrogen (secondary N) is 2. The fourth-order valence-corrected chi connectivity index (χ4v) is 4.69. The number of rotatable bonds is 7. The normalized spacial score (nSPS) is 17.6. The second-order valence-electron chi connectivity index (χ2n) is 9.42. The zero-order valence-corrected chi connectivity index (χ0v) is 19.5. The zero-order chi connectivity index (χ0) is 24.5. The number of anilines is 2. The van der Waals surface area contributed by atoms with Crippen molar-refractivity contribution in [3.8, 4) is 0 Å². The third-order valence-corrected chi connectivity index (χ3v) is 6.91. The van der Waals surface area contributed by atoms with Gasteiger partial charge in [0.15, 0.2) is 0 Å². The highest BCUT2D eigenvalue weighted by Crippen LogP contribution is 2.33. The Morgan fingerprint density at radius 2 is 1.83 bits per heavy atom. The topological polar surface area (TPSA) is 70.2 Å². The summed E-state index contributed by atoms with van der Waals surface area (Å²) in [5.74, 6) is -0.492. The summed E-state index contributed by atoms with van der Waals surface area (Å²) in [5.41, 5.74) is 1.92. The highest BCUT2D eigenvalue weighted by atomic mass is 19.3. The molecule has 2 heterocycles. The van der Waals surface area contributed by atoms with E-state index >= 15 is 0 Å². The molecule has 184 valence electrons. The number of hydrogen-bond acceptors (Lipinski definition) is 5.